The number of rotatable bonds is 4. The summed E-state index contributed by atoms with van der Waals surface area (Å²) in [5.41, 5.74) is 0.517. The quantitative estimate of drug-likeness (QED) is 0.532. The van der Waals surface area contributed by atoms with Crippen molar-refractivity contribution in [3.8, 4) is 11.5 Å². The zero-order valence-corrected chi connectivity index (χ0v) is 17.2. The molecule has 2 aliphatic heterocycles. The van der Waals surface area contributed by atoms with Crippen LogP contribution in [0.15, 0.2) is 41.1 Å². The Morgan fingerprint density at radius 1 is 1.33 bits per heavy atom. The van der Waals surface area contributed by atoms with Gasteiger partial charge < -0.3 is 29.6 Å². The Hall–Kier alpha value is -3.67. The van der Waals surface area contributed by atoms with Gasteiger partial charge in [-0.25, -0.2) is 4.68 Å². The van der Waals surface area contributed by atoms with Gasteiger partial charge in [0.1, 0.15) is 17.1 Å². The van der Waals surface area contributed by atoms with Crippen LogP contribution in [-0.4, -0.2) is 33.8 Å². The lowest BCUT2D eigenvalue weighted by Crippen LogP contribution is -2.36. The molecule has 12 heteroatoms. The van der Waals surface area contributed by atoms with Crippen molar-refractivity contribution in [3.05, 3.63) is 53.6 Å². The number of aromatic nitrogens is 2. The molecule has 1 amide bonds. The number of hydrogen-bond acceptors (Lipinski definition) is 7. The number of hydrogen-bond donors (Lipinski definition) is 3. The normalized spacial score (nSPS) is 20.2. The monoisotopic (exact) mass is 464 g/mol. The Bertz CT molecular complexity index is 1190. The van der Waals surface area contributed by atoms with Gasteiger partial charge in [-0.2, -0.15) is 18.3 Å². The summed E-state index contributed by atoms with van der Waals surface area (Å²) in [6.45, 7) is 1.51. The molecule has 3 aromatic rings. The Kier molecular flexibility index (Phi) is 4.96. The van der Waals surface area contributed by atoms with E-state index in [-0.39, 0.29) is 30.3 Å². The van der Waals surface area contributed by atoms with Crippen molar-refractivity contribution in [2.45, 2.75) is 37.7 Å². The highest BCUT2D eigenvalue weighted by molar-refractivity contribution is 6.08. The zero-order chi connectivity index (χ0) is 23.3. The fourth-order valence-corrected chi connectivity index (χ4v) is 4.01. The average Bonchev–Trinajstić information content (AvgIpc) is 3.50. The van der Waals surface area contributed by atoms with Gasteiger partial charge in [-0.05, 0) is 25.1 Å². The van der Waals surface area contributed by atoms with Crippen molar-refractivity contribution in [3.63, 3.8) is 0 Å². The lowest BCUT2D eigenvalue weighted by Gasteiger charge is -2.32. The average molecular weight is 464 g/mol. The Morgan fingerprint density at radius 2 is 2.09 bits per heavy atom. The van der Waals surface area contributed by atoms with Gasteiger partial charge in [-0.1, -0.05) is 0 Å². The summed E-state index contributed by atoms with van der Waals surface area (Å²) < 4.78 is 58.0. The number of amides is 1. The first kappa shape index (κ1) is 21.2. The molecule has 33 heavy (non-hydrogen) atoms. The second-order valence-electron chi connectivity index (χ2n) is 7.78. The number of carbonyl (C=O) groups excluding carboxylic acids is 1. The fraction of sp³-hybridized carbons (Fsp3) is 0.333. The number of ether oxygens (including phenoxy) is 2. The smallest absolute Gasteiger partial charge is 0.410 e. The third-order valence-corrected chi connectivity index (χ3v) is 5.61. The molecule has 0 aliphatic carbocycles. The van der Waals surface area contributed by atoms with Gasteiger partial charge in [0.25, 0.3) is 5.91 Å². The second kappa shape index (κ2) is 7.73. The second-order valence-corrected chi connectivity index (χ2v) is 7.78. The maximum absolute atomic E-state index is 13.8. The topological polar surface area (TPSA) is 111 Å². The molecule has 0 radical (unpaired) electrons. The van der Waals surface area contributed by atoms with Crippen LogP contribution in [0.5, 0.6) is 11.5 Å². The maximum atomic E-state index is 13.8. The van der Waals surface area contributed by atoms with E-state index >= 15 is 0 Å². The molecular weight excluding hydrogens is 445 g/mol. The number of furan rings is 1. The van der Waals surface area contributed by atoms with Gasteiger partial charge >= 0.3 is 6.18 Å². The van der Waals surface area contributed by atoms with Gasteiger partial charge in [0.2, 0.25) is 6.79 Å². The molecule has 0 fully saturated rings. The number of fused-ring (bicyclic) bond motifs is 2. The van der Waals surface area contributed by atoms with Crippen molar-refractivity contribution in [2.24, 2.45) is 0 Å². The van der Waals surface area contributed by atoms with Crippen LogP contribution in [0, 0.1) is 0 Å². The molecule has 174 valence electrons. The molecule has 3 atom stereocenters. The molecular formula is C21H19F3N4O5. The van der Waals surface area contributed by atoms with Crippen LogP contribution < -0.4 is 20.1 Å². The van der Waals surface area contributed by atoms with E-state index in [1.807, 2.05) is 0 Å². The van der Waals surface area contributed by atoms with Gasteiger partial charge in [0, 0.05) is 18.1 Å². The first-order valence-electron chi connectivity index (χ1n) is 10.1. The molecule has 2 aliphatic rings. The predicted molar refractivity (Wildman–Crippen MR) is 108 cm³/mol. The minimum Gasteiger partial charge on any atom is -0.467 e. The van der Waals surface area contributed by atoms with Crippen LogP contribution in [-0.2, 0) is 0 Å². The third-order valence-electron chi connectivity index (χ3n) is 5.61. The number of carbonyl (C=O) groups is 1. The first-order chi connectivity index (χ1) is 15.7. The van der Waals surface area contributed by atoms with E-state index in [9.17, 15) is 23.1 Å². The minimum atomic E-state index is -4.59. The maximum Gasteiger partial charge on any atom is 0.410 e. The number of aliphatic hydroxyl groups excluding tert-OH is 1. The summed E-state index contributed by atoms with van der Waals surface area (Å²) >= 11 is 0. The van der Waals surface area contributed by atoms with Crippen molar-refractivity contribution >= 4 is 17.4 Å². The van der Waals surface area contributed by atoms with E-state index in [0.717, 1.165) is 10.9 Å². The summed E-state index contributed by atoms with van der Waals surface area (Å²) in [5.74, 6) is 0.324. The summed E-state index contributed by atoms with van der Waals surface area (Å²) in [5, 5.41) is 19.6. The highest BCUT2D eigenvalue weighted by Gasteiger charge is 2.47. The predicted octanol–water partition coefficient (Wildman–Crippen LogP) is 4.17. The standard InChI is InChI=1S/C21H19F3N4O5/c1-10(29)11-5-16-17(33-9-32-16)6-13(11)27-20(30)12-8-25-28-18(21(22,23)24)7-14(26-19(12)28)15-3-2-4-31-15/h2-6,8,10,14,18,26,29H,7,9H2,1H3,(H,27,30)/t10-,14+,18-/m1/s1. The summed E-state index contributed by atoms with van der Waals surface area (Å²) in [6.07, 6.45) is -3.43. The number of nitrogens with one attached hydrogen (secondary N) is 2. The van der Waals surface area contributed by atoms with E-state index in [0.29, 0.717) is 22.8 Å². The SMILES string of the molecule is C[C@@H](O)c1cc2c(cc1NC(=O)c1cnn3c1N[C@H](c1ccco1)C[C@@H]3C(F)(F)F)OCO2. The van der Waals surface area contributed by atoms with E-state index in [2.05, 4.69) is 15.7 Å². The van der Waals surface area contributed by atoms with E-state index in [1.54, 1.807) is 18.2 Å². The van der Waals surface area contributed by atoms with Crippen molar-refractivity contribution in [2.75, 3.05) is 17.4 Å². The van der Waals surface area contributed by atoms with Gasteiger partial charge in [-0.15, -0.1) is 0 Å². The first-order valence-corrected chi connectivity index (χ1v) is 10.1. The van der Waals surface area contributed by atoms with E-state index in [4.69, 9.17) is 13.9 Å². The lowest BCUT2D eigenvalue weighted by atomic mass is 10.0. The molecule has 5 rings (SSSR count). The number of alkyl halides is 3. The third kappa shape index (κ3) is 3.75. The molecule has 0 unspecified atom stereocenters. The number of anilines is 2. The fourth-order valence-electron chi connectivity index (χ4n) is 4.01. The number of benzene rings is 1. The van der Waals surface area contributed by atoms with Crippen LogP contribution in [0.1, 0.15) is 53.2 Å². The van der Waals surface area contributed by atoms with Gasteiger partial charge in [0.15, 0.2) is 17.5 Å². The molecule has 0 saturated heterocycles. The lowest BCUT2D eigenvalue weighted by molar-refractivity contribution is -0.174. The number of halogens is 3. The Labute approximate surface area is 185 Å². The Morgan fingerprint density at radius 3 is 2.76 bits per heavy atom. The number of aliphatic hydroxyl groups is 1. The minimum absolute atomic E-state index is 0.000179. The van der Waals surface area contributed by atoms with Crippen LogP contribution in [0.25, 0.3) is 0 Å². The summed E-state index contributed by atoms with van der Waals surface area (Å²) in [6, 6.07) is 3.44. The van der Waals surface area contributed by atoms with Crippen LogP contribution >= 0.6 is 0 Å². The van der Waals surface area contributed by atoms with E-state index < -0.39 is 30.3 Å². The van der Waals surface area contributed by atoms with Crippen LogP contribution in [0.2, 0.25) is 0 Å². The molecule has 0 bridgehead atoms. The van der Waals surface area contributed by atoms with Crippen molar-refractivity contribution in [1.82, 2.24) is 9.78 Å². The number of nitrogens with zero attached hydrogens (tertiary/aromatic N) is 2. The molecule has 1 aromatic carbocycles. The van der Waals surface area contributed by atoms with Gasteiger partial charge in [0.05, 0.1) is 30.3 Å². The Balaban J connectivity index is 1.50. The van der Waals surface area contributed by atoms with E-state index in [1.165, 1.54) is 19.3 Å². The highest BCUT2D eigenvalue weighted by atomic mass is 19.4. The molecule has 0 saturated carbocycles. The summed E-state index contributed by atoms with van der Waals surface area (Å²) in [4.78, 5) is 13.1. The van der Waals surface area contributed by atoms with Crippen LogP contribution in [0.4, 0.5) is 24.7 Å². The van der Waals surface area contributed by atoms with Gasteiger partial charge in [-0.3, -0.25) is 4.79 Å². The largest absolute Gasteiger partial charge is 0.467 e. The van der Waals surface area contributed by atoms with Crippen molar-refractivity contribution < 1.29 is 37.0 Å². The summed E-state index contributed by atoms with van der Waals surface area (Å²) in [7, 11) is 0. The molecule has 9 nitrogen and oxygen atoms in total. The molecule has 0 spiro atoms. The highest BCUT2D eigenvalue weighted by Crippen LogP contribution is 2.45. The molecule has 4 heterocycles. The van der Waals surface area contributed by atoms with Crippen molar-refractivity contribution in [1.29, 1.82) is 0 Å². The van der Waals surface area contributed by atoms with Crippen LogP contribution in [0.3, 0.4) is 0 Å². The zero-order valence-electron chi connectivity index (χ0n) is 17.2. The molecule has 3 N–H and O–H groups in total. The molecule has 2 aromatic heterocycles.